The van der Waals surface area contributed by atoms with Gasteiger partial charge in [0.05, 0.1) is 10.3 Å². The molecule has 5 aliphatic carbocycles. The van der Waals surface area contributed by atoms with Crippen LogP contribution < -0.4 is 15.8 Å². The lowest BCUT2D eigenvalue weighted by Gasteiger charge is -2.59. The number of carbonyl (C=O) groups is 2. The second-order valence-corrected chi connectivity index (χ2v) is 12.7. The number of hydrogen-bond donors (Lipinski definition) is 3. The highest BCUT2D eigenvalue weighted by atomic mass is 35.5. The minimum atomic E-state index is -3.77. The zero-order valence-electron chi connectivity index (χ0n) is 18.2. The van der Waals surface area contributed by atoms with Gasteiger partial charge >= 0.3 is 0 Å². The van der Waals surface area contributed by atoms with E-state index < -0.39 is 15.4 Å². The smallest absolute Gasteiger partial charge is 0.240 e. The Hall–Kier alpha value is -1.64. The van der Waals surface area contributed by atoms with Crippen LogP contribution >= 0.6 is 11.6 Å². The molecule has 4 N–H and O–H groups in total. The number of halogens is 1. The van der Waals surface area contributed by atoms with Gasteiger partial charge in [0, 0.05) is 23.0 Å². The van der Waals surface area contributed by atoms with Crippen molar-refractivity contribution in [1.29, 1.82) is 0 Å². The van der Waals surface area contributed by atoms with Crippen molar-refractivity contribution in [2.75, 3.05) is 6.54 Å². The third-order valence-electron chi connectivity index (χ3n) is 8.54. The van der Waals surface area contributed by atoms with Crippen molar-refractivity contribution in [2.24, 2.45) is 34.3 Å². The lowest BCUT2D eigenvalue weighted by Crippen LogP contribution is -2.62. The van der Waals surface area contributed by atoms with Gasteiger partial charge < -0.3 is 11.1 Å². The first-order valence-electron chi connectivity index (χ1n) is 11.4. The van der Waals surface area contributed by atoms with Crippen LogP contribution in [-0.2, 0) is 19.6 Å². The van der Waals surface area contributed by atoms with Crippen molar-refractivity contribution >= 4 is 33.4 Å². The van der Waals surface area contributed by atoms with Gasteiger partial charge in [-0.3, -0.25) is 9.59 Å². The first-order valence-corrected chi connectivity index (χ1v) is 13.3. The summed E-state index contributed by atoms with van der Waals surface area (Å²) in [5, 5.41) is 3.66. The molecule has 0 aromatic heterocycles. The molecule has 4 bridgehead atoms. The van der Waals surface area contributed by atoms with E-state index in [1.165, 1.54) is 6.07 Å². The number of amides is 2. The first kappa shape index (κ1) is 22.2. The number of primary amides is 1. The number of sulfonamides is 1. The molecule has 6 rings (SSSR count). The average molecular weight is 480 g/mol. The van der Waals surface area contributed by atoms with Crippen LogP contribution in [0.3, 0.4) is 0 Å². The molecule has 5 aliphatic rings. The molecule has 9 heteroatoms. The summed E-state index contributed by atoms with van der Waals surface area (Å²) >= 11 is 6.09. The molecule has 0 radical (unpaired) electrons. The van der Waals surface area contributed by atoms with Gasteiger partial charge in [0.2, 0.25) is 21.8 Å². The fourth-order valence-corrected chi connectivity index (χ4v) is 8.31. The van der Waals surface area contributed by atoms with Crippen molar-refractivity contribution in [1.82, 2.24) is 10.0 Å². The van der Waals surface area contributed by atoms with Crippen LogP contribution in [0.5, 0.6) is 0 Å². The maximum absolute atomic E-state index is 13.2. The van der Waals surface area contributed by atoms with Crippen LogP contribution in [0.15, 0.2) is 23.1 Å². The molecule has 32 heavy (non-hydrogen) atoms. The summed E-state index contributed by atoms with van der Waals surface area (Å²) in [5.74, 6) is 0.814. The monoisotopic (exact) mass is 479 g/mol. The van der Waals surface area contributed by atoms with Crippen LogP contribution in [-0.4, -0.2) is 32.8 Å². The Morgan fingerprint density at radius 3 is 2.41 bits per heavy atom. The van der Waals surface area contributed by atoms with E-state index >= 15 is 0 Å². The van der Waals surface area contributed by atoms with E-state index in [-0.39, 0.29) is 46.5 Å². The SMILES string of the molecule is Cc1c(Cl)cccc1S(=O)(=O)NCC1(C(=O)NC2C3CC4CC2CC(C(N)=O)(C4)C3)CC1. The highest BCUT2D eigenvalue weighted by molar-refractivity contribution is 7.89. The average Bonchev–Trinajstić information content (AvgIpc) is 3.52. The number of rotatable bonds is 7. The number of carbonyl (C=O) groups excluding carboxylic acids is 2. The van der Waals surface area contributed by atoms with Crippen molar-refractivity contribution in [3.8, 4) is 0 Å². The quantitative estimate of drug-likeness (QED) is 0.556. The van der Waals surface area contributed by atoms with E-state index in [4.69, 9.17) is 17.3 Å². The third kappa shape index (κ3) is 3.55. The van der Waals surface area contributed by atoms with Crippen molar-refractivity contribution < 1.29 is 18.0 Å². The van der Waals surface area contributed by atoms with E-state index in [1.807, 2.05) is 0 Å². The van der Waals surface area contributed by atoms with Gasteiger partial charge in [0.25, 0.3) is 0 Å². The molecule has 174 valence electrons. The Kier molecular flexibility index (Phi) is 5.15. The molecule has 0 saturated heterocycles. The molecule has 2 unspecified atom stereocenters. The molecule has 0 spiro atoms. The van der Waals surface area contributed by atoms with E-state index in [2.05, 4.69) is 10.0 Å². The molecule has 1 aromatic carbocycles. The van der Waals surface area contributed by atoms with Gasteiger partial charge in [0.15, 0.2) is 0 Å². The van der Waals surface area contributed by atoms with Gasteiger partial charge in [-0.05, 0) is 87.3 Å². The van der Waals surface area contributed by atoms with Crippen LogP contribution in [0.2, 0.25) is 5.02 Å². The fourth-order valence-electron chi connectivity index (χ4n) is 6.69. The van der Waals surface area contributed by atoms with Crippen LogP contribution in [0.25, 0.3) is 0 Å². The number of nitrogens with one attached hydrogen (secondary N) is 2. The Morgan fingerprint density at radius 1 is 1.16 bits per heavy atom. The molecular weight excluding hydrogens is 450 g/mol. The highest BCUT2D eigenvalue weighted by Gasteiger charge is 2.59. The second-order valence-electron chi connectivity index (χ2n) is 10.6. The minimum absolute atomic E-state index is 0.0516. The summed E-state index contributed by atoms with van der Waals surface area (Å²) in [6.45, 7) is 1.74. The molecule has 1 aromatic rings. The van der Waals surface area contributed by atoms with E-state index in [0.717, 1.165) is 32.1 Å². The Morgan fingerprint density at radius 2 is 1.81 bits per heavy atom. The molecule has 5 saturated carbocycles. The fraction of sp³-hybridized carbons (Fsp3) is 0.652. The predicted octanol–water partition coefficient (Wildman–Crippen LogP) is 2.50. The summed E-state index contributed by atoms with van der Waals surface area (Å²) in [7, 11) is -3.77. The van der Waals surface area contributed by atoms with Gasteiger partial charge in [-0.15, -0.1) is 0 Å². The van der Waals surface area contributed by atoms with E-state index in [9.17, 15) is 18.0 Å². The molecule has 7 nitrogen and oxygen atoms in total. The minimum Gasteiger partial charge on any atom is -0.369 e. The van der Waals surface area contributed by atoms with Gasteiger partial charge in [-0.2, -0.15) is 0 Å². The topological polar surface area (TPSA) is 118 Å². The Balaban J connectivity index is 1.26. The van der Waals surface area contributed by atoms with E-state index in [0.29, 0.717) is 29.3 Å². The molecule has 0 heterocycles. The lowest BCUT2D eigenvalue weighted by molar-refractivity contribution is -0.148. The van der Waals surface area contributed by atoms with Crippen molar-refractivity contribution in [3.63, 3.8) is 0 Å². The van der Waals surface area contributed by atoms with Crippen LogP contribution in [0.1, 0.15) is 50.5 Å². The first-order chi connectivity index (χ1) is 15.1. The summed E-state index contributed by atoms with van der Waals surface area (Å²) in [5.41, 5.74) is 5.17. The van der Waals surface area contributed by atoms with Gasteiger partial charge in [-0.25, -0.2) is 13.1 Å². The summed E-state index contributed by atoms with van der Waals surface area (Å²) in [6.07, 6.45) is 5.79. The summed E-state index contributed by atoms with van der Waals surface area (Å²) in [4.78, 5) is 25.5. The Labute approximate surface area is 193 Å². The van der Waals surface area contributed by atoms with E-state index in [1.54, 1.807) is 19.1 Å². The largest absolute Gasteiger partial charge is 0.369 e. The zero-order chi connectivity index (χ0) is 22.9. The molecule has 0 aliphatic heterocycles. The Bertz CT molecular complexity index is 1070. The van der Waals surface area contributed by atoms with Crippen LogP contribution in [0, 0.1) is 35.5 Å². The highest BCUT2D eigenvalue weighted by Crippen LogP contribution is 2.60. The molecular formula is C23H30ClN3O4S. The van der Waals surface area contributed by atoms with Gasteiger partial charge in [-0.1, -0.05) is 17.7 Å². The second kappa shape index (κ2) is 7.43. The molecule has 2 amide bonds. The third-order valence-corrected chi connectivity index (χ3v) is 10.5. The number of benzene rings is 1. The summed E-state index contributed by atoms with van der Waals surface area (Å²) in [6, 6.07) is 4.83. The standard InChI is InChI=1S/C23H30ClN3O4S/c1-13-17(24)3-2-4-18(13)32(30,31)26-12-22(5-6-22)21(29)27-19-15-7-14-8-16(19)11-23(9-14,10-15)20(25)28/h2-4,14-16,19,26H,5-12H2,1H3,(H2,25,28)(H,27,29). The number of hydrogen-bond acceptors (Lipinski definition) is 4. The summed E-state index contributed by atoms with van der Waals surface area (Å²) < 4.78 is 28.3. The zero-order valence-corrected chi connectivity index (χ0v) is 19.8. The molecule has 5 fully saturated rings. The number of nitrogens with two attached hydrogens (primary N) is 1. The lowest BCUT2D eigenvalue weighted by atomic mass is 9.47. The predicted molar refractivity (Wildman–Crippen MR) is 120 cm³/mol. The normalized spacial score (nSPS) is 34.3. The van der Waals surface area contributed by atoms with Crippen LogP contribution in [0.4, 0.5) is 0 Å². The van der Waals surface area contributed by atoms with Crippen molar-refractivity contribution in [3.05, 3.63) is 28.8 Å². The van der Waals surface area contributed by atoms with Crippen molar-refractivity contribution in [2.45, 2.75) is 62.8 Å². The maximum Gasteiger partial charge on any atom is 0.240 e. The molecule has 2 atom stereocenters. The maximum atomic E-state index is 13.2. The van der Waals surface area contributed by atoms with Gasteiger partial charge in [0.1, 0.15) is 0 Å².